The molecule has 130 valence electrons. The van der Waals surface area contributed by atoms with Crippen LogP contribution in [0.4, 0.5) is 0 Å². The third-order valence-electron chi connectivity index (χ3n) is 3.66. The predicted molar refractivity (Wildman–Crippen MR) is 94.6 cm³/mol. The first-order valence-electron chi connectivity index (χ1n) is 7.48. The predicted octanol–water partition coefficient (Wildman–Crippen LogP) is 3.52. The van der Waals surface area contributed by atoms with E-state index in [0.29, 0.717) is 10.8 Å². The summed E-state index contributed by atoms with van der Waals surface area (Å²) in [5.74, 6) is 0.642. The molecule has 0 saturated heterocycles. The first kappa shape index (κ1) is 17.6. The third-order valence-corrected chi connectivity index (χ3v) is 5.73. The van der Waals surface area contributed by atoms with Crippen LogP contribution in [0.25, 0.3) is 11.4 Å². The van der Waals surface area contributed by atoms with Gasteiger partial charge in [-0.3, -0.25) is 0 Å². The molecule has 0 spiro atoms. The Morgan fingerprint density at radius 1 is 1.08 bits per heavy atom. The highest BCUT2D eigenvalue weighted by Crippen LogP contribution is 2.20. The molecular weight excluding hydrogens is 362 g/mol. The van der Waals surface area contributed by atoms with Crippen LogP contribution < -0.4 is 0 Å². The Bertz CT molecular complexity index is 967. The van der Waals surface area contributed by atoms with E-state index in [9.17, 15) is 8.42 Å². The van der Waals surface area contributed by atoms with E-state index in [4.69, 9.17) is 16.1 Å². The van der Waals surface area contributed by atoms with Crippen LogP contribution in [-0.4, -0.2) is 29.9 Å². The van der Waals surface area contributed by atoms with Gasteiger partial charge in [-0.25, -0.2) is 8.42 Å². The number of nitrogens with zero attached hydrogens (tertiary/aromatic N) is 3. The Morgan fingerprint density at radius 3 is 2.36 bits per heavy atom. The lowest BCUT2D eigenvalue weighted by atomic mass is 10.1. The van der Waals surface area contributed by atoms with Gasteiger partial charge in [0.25, 0.3) is 0 Å². The highest BCUT2D eigenvalue weighted by Gasteiger charge is 2.23. The molecule has 2 aromatic carbocycles. The lowest BCUT2D eigenvalue weighted by Crippen LogP contribution is -2.26. The smallest absolute Gasteiger partial charge is 0.243 e. The van der Waals surface area contributed by atoms with Gasteiger partial charge in [0.2, 0.25) is 21.7 Å². The van der Waals surface area contributed by atoms with Gasteiger partial charge in [-0.05, 0) is 31.2 Å². The van der Waals surface area contributed by atoms with E-state index in [1.54, 1.807) is 0 Å². The van der Waals surface area contributed by atoms with Gasteiger partial charge in [0.15, 0.2) is 0 Å². The normalized spacial score (nSPS) is 11.8. The molecule has 8 heteroatoms. The molecule has 6 nitrogen and oxygen atoms in total. The molecular formula is C17H16ClN3O3S. The summed E-state index contributed by atoms with van der Waals surface area (Å²) in [6, 6.07) is 13.6. The number of aromatic nitrogens is 2. The summed E-state index contributed by atoms with van der Waals surface area (Å²) in [5.41, 5.74) is 1.94. The van der Waals surface area contributed by atoms with Crippen molar-refractivity contribution in [3.63, 3.8) is 0 Å². The van der Waals surface area contributed by atoms with Crippen LogP contribution in [0, 0.1) is 6.92 Å². The molecule has 0 bridgehead atoms. The molecule has 1 aromatic heterocycles. The zero-order valence-corrected chi connectivity index (χ0v) is 15.3. The quantitative estimate of drug-likeness (QED) is 0.679. The molecule has 0 atom stereocenters. The van der Waals surface area contributed by atoms with Crippen LogP contribution in [0.5, 0.6) is 0 Å². The van der Waals surface area contributed by atoms with Gasteiger partial charge in [0.1, 0.15) is 0 Å². The van der Waals surface area contributed by atoms with Crippen molar-refractivity contribution < 1.29 is 12.9 Å². The number of sulfonamides is 1. The van der Waals surface area contributed by atoms with Crippen LogP contribution in [0.2, 0.25) is 5.02 Å². The second-order valence-electron chi connectivity index (χ2n) is 5.59. The average Bonchev–Trinajstić information content (AvgIpc) is 3.04. The van der Waals surface area contributed by atoms with Crippen molar-refractivity contribution in [2.24, 2.45) is 0 Å². The first-order chi connectivity index (χ1) is 11.9. The molecule has 0 radical (unpaired) electrons. The summed E-state index contributed by atoms with van der Waals surface area (Å²) in [4.78, 5) is 4.42. The van der Waals surface area contributed by atoms with Gasteiger partial charge < -0.3 is 4.52 Å². The largest absolute Gasteiger partial charge is 0.338 e. The maximum absolute atomic E-state index is 12.6. The summed E-state index contributed by atoms with van der Waals surface area (Å²) >= 11 is 5.80. The standard InChI is InChI=1S/C17H16ClN3O3S/c1-12-3-5-13(6-4-12)17-19-16(24-20-17)11-21(2)25(22,23)15-9-7-14(18)8-10-15/h3-10H,11H2,1-2H3. The van der Waals surface area contributed by atoms with Gasteiger partial charge in [0.05, 0.1) is 11.4 Å². The molecule has 0 aliphatic rings. The Hall–Kier alpha value is -2.22. The van der Waals surface area contributed by atoms with E-state index in [-0.39, 0.29) is 17.3 Å². The Labute approximate surface area is 151 Å². The third kappa shape index (κ3) is 3.89. The van der Waals surface area contributed by atoms with E-state index in [2.05, 4.69) is 10.1 Å². The van der Waals surface area contributed by atoms with Crippen molar-refractivity contribution in [1.29, 1.82) is 0 Å². The molecule has 1 heterocycles. The van der Waals surface area contributed by atoms with Crippen LogP contribution in [-0.2, 0) is 16.6 Å². The summed E-state index contributed by atoms with van der Waals surface area (Å²) in [7, 11) is -2.21. The number of hydrogen-bond acceptors (Lipinski definition) is 5. The van der Waals surface area contributed by atoms with E-state index < -0.39 is 10.0 Å². The Balaban J connectivity index is 1.78. The zero-order chi connectivity index (χ0) is 18.0. The van der Waals surface area contributed by atoms with Crippen molar-refractivity contribution in [3.8, 4) is 11.4 Å². The number of benzene rings is 2. The maximum Gasteiger partial charge on any atom is 0.243 e. The second kappa shape index (κ2) is 6.95. The van der Waals surface area contributed by atoms with Crippen molar-refractivity contribution in [1.82, 2.24) is 14.4 Å². The summed E-state index contributed by atoms with van der Waals surface area (Å²) in [6.45, 7) is 1.96. The molecule has 0 unspecified atom stereocenters. The Kier molecular flexibility index (Phi) is 4.89. The number of rotatable bonds is 5. The zero-order valence-electron chi connectivity index (χ0n) is 13.7. The minimum absolute atomic E-state index is 0.0240. The second-order valence-corrected chi connectivity index (χ2v) is 8.07. The molecule has 0 aliphatic heterocycles. The highest BCUT2D eigenvalue weighted by molar-refractivity contribution is 7.89. The minimum atomic E-state index is -3.67. The molecule has 0 saturated carbocycles. The molecule has 0 fully saturated rings. The molecule has 3 aromatic rings. The minimum Gasteiger partial charge on any atom is -0.338 e. The van der Waals surface area contributed by atoms with Crippen LogP contribution in [0.15, 0.2) is 57.9 Å². The molecule has 3 rings (SSSR count). The molecule has 25 heavy (non-hydrogen) atoms. The van der Waals surface area contributed by atoms with Gasteiger partial charge in [-0.15, -0.1) is 0 Å². The van der Waals surface area contributed by atoms with Gasteiger partial charge in [-0.2, -0.15) is 9.29 Å². The summed E-state index contributed by atoms with van der Waals surface area (Å²) in [5, 5.41) is 4.38. The van der Waals surface area contributed by atoms with Gasteiger partial charge in [0, 0.05) is 17.6 Å². The number of aryl methyl sites for hydroxylation is 1. The van der Waals surface area contributed by atoms with E-state index in [1.807, 2.05) is 31.2 Å². The highest BCUT2D eigenvalue weighted by atomic mass is 35.5. The maximum atomic E-state index is 12.6. The van der Waals surface area contributed by atoms with Crippen molar-refractivity contribution >= 4 is 21.6 Å². The molecule has 0 amide bonds. The van der Waals surface area contributed by atoms with E-state index in [0.717, 1.165) is 15.4 Å². The first-order valence-corrected chi connectivity index (χ1v) is 9.29. The van der Waals surface area contributed by atoms with Gasteiger partial charge in [-0.1, -0.05) is 46.6 Å². The lowest BCUT2D eigenvalue weighted by molar-refractivity contribution is 0.337. The molecule has 0 aliphatic carbocycles. The summed E-state index contributed by atoms with van der Waals surface area (Å²) in [6.07, 6.45) is 0. The molecule has 0 N–H and O–H groups in total. The van der Waals surface area contributed by atoms with Crippen molar-refractivity contribution in [2.75, 3.05) is 7.05 Å². The van der Waals surface area contributed by atoms with Crippen LogP contribution >= 0.6 is 11.6 Å². The Morgan fingerprint density at radius 2 is 1.72 bits per heavy atom. The summed E-state index contributed by atoms with van der Waals surface area (Å²) < 4.78 is 31.4. The fraction of sp³-hybridized carbons (Fsp3) is 0.176. The SMILES string of the molecule is Cc1ccc(-c2noc(CN(C)S(=O)(=O)c3ccc(Cl)cc3)n2)cc1. The number of hydrogen-bond donors (Lipinski definition) is 0. The lowest BCUT2D eigenvalue weighted by Gasteiger charge is -2.14. The van der Waals surface area contributed by atoms with Crippen LogP contribution in [0.3, 0.4) is 0 Å². The van der Waals surface area contributed by atoms with Crippen molar-refractivity contribution in [3.05, 3.63) is 65.0 Å². The van der Waals surface area contributed by atoms with E-state index >= 15 is 0 Å². The van der Waals surface area contributed by atoms with Gasteiger partial charge >= 0.3 is 0 Å². The van der Waals surface area contributed by atoms with Crippen molar-refractivity contribution in [2.45, 2.75) is 18.4 Å². The fourth-order valence-electron chi connectivity index (χ4n) is 2.20. The average molecular weight is 378 g/mol. The topological polar surface area (TPSA) is 76.3 Å². The van der Waals surface area contributed by atoms with E-state index in [1.165, 1.54) is 31.3 Å². The fourth-order valence-corrected chi connectivity index (χ4v) is 3.45. The number of halogens is 1. The monoisotopic (exact) mass is 377 g/mol. The van der Waals surface area contributed by atoms with Crippen LogP contribution in [0.1, 0.15) is 11.5 Å².